The quantitative estimate of drug-likeness (QED) is 0.508. The van der Waals surface area contributed by atoms with Gasteiger partial charge in [0.15, 0.2) is 5.96 Å². The van der Waals surface area contributed by atoms with Gasteiger partial charge >= 0.3 is 6.18 Å². The molecule has 9 heteroatoms. The average Bonchev–Trinajstić information content (AvgIpc) is 2.51. The summed E-state index contributed by atoms with van der Waals surface area (Å²) in [7, 11) is 1.47. The second-order valence-electron chi connectivity index (χ2n) is 8.61. The molecule has 0 aliphatic carbocycles. The number of halogens is 3. The van der Waals surface area contributed by atoms with Crippen molar-refractivity contribution in [2.75, 3.05) is 13.6 Å². The highest BCUT2D eigenvalue weighted by Crippen LogP contribution is 2.35. The molecule has 0 atom stereocenters. The third kappa shape index (κ3) is 9.54. The van der Waals surface area contributed by atoms with Crippen molar-refractivity contribution in [3.8, 4) is 5.75 Å². The Morgan fingerprint density at radius 2 is 1.69 bits per heavy atom. The number of hydrogen-bond donors (Lipinski definition) is 3. The van der Waals surface area contributed by atoms with Crippen LogP contribution in [0.5, 0.6) is 5.75 Å². The zero-order chi connectivity index (χ0) is 22.5. The van der Waals surface area contributed by atoms with Gasteiger partial charge in [-0.1, -0.05) is 6.07 Å². The van der Waals surface area contributed by atoms with Gasteiger partial charge in [-0.25, -0.2) is 0 Å². The number of aliphatic imine (C=N–C) groups is 1. The molecule has 1 aromatic carbocycles. The third-order valence-corrected chi connectivity index (χ3v) is 3.41. The molecule has 6 nitrogen and oxygen atoms in total. The summed E-state index contributed by atoms with van der Waals surface area (Å²) >= 11 is 0. The van der Waals surface area contributed by atoms with Crippen LogP contribution >= 0.6 is 0 Å². The van der Waals surface area contributed by atoms with Gasteiger partial charge in [-0.2, -0.15) is 13.2 Å². The molecule has 1 amide bonds. The fourth-order valence-corrected chi connectivity index (χ4v) is 2.42. The van der Waals surface area contributed by atoms with E-state index >= 15 is 0 Å². The first-order valence-electron chi connectivity index (χ1n) is 9.25. The van der Waals surface area contributed by atoms with Crippen LogP contribution in [0.3, 0.4) is 0 Å². The molecule has 164 valence electrons. The Balaban J connectivity index is 2.84. The molecule has 0 unspecified atom stereocenters. The van der Waals surface area contributed by atoms with E-state index in [1.807, 2.05) is 20.8 Å². The Morgan fingerprint density at radius 1 is 1.07 bits per heavy atom. The Hall–Kier alpha value is -2.45. The molecule has 0 aliphatic rings. The smallest absolute Gasteiger partial charge is 0.416 e. The van der Waals surface area contributed by atoms with Crippen molar-refractivity contribution in [3.63, 3.8) is 0 Å². The molecule has 0 fully saturated rings. The molecular formula is C20H31F3N4O2. The summed E-state index contributed by atoms with van der Waals surface area (Å²) < 4.78 is 46.0. The molecular weight excluding hydrogens is 385 g/mol. The SMILES string of the molecule is CN=C(NCC(=O)NC(C)(C)C)NCc1ccc(OC(C)(C)C)cc1C(F)(F)F. The highest BCUT2D eigenvalue weighted by atomic mass is 19.4. The van der Waals surface area contributed by atoms with Gasteiger partial charge in [0.25, 0.3) is 0 Å². The van der Waals surface area contributed by atoms with E-state index < -0.39 is 17.3 Å². The van der Waals surface area contributed by atoms with Gasteiger partial charge < -0.3 is 20.7 Å². The maximum Gasteiger partial charge on any atom is 0.416 e. The molecule has 29 heavy (non-hydrogen) atoms. The molecule has 1 rings (SSSR count). The standard InChI is InChI=1S/C20H31F3N4O2/c1-18(2,3)27-16(28)12-26-17(24-7)25-11-13-8-9-14(29-19(4,5)6)10-15(13)20(21,22)23/h8-10H,11-12H2,1-7H3,(H,27,28)(H2,24,25,26). The lowest BCUT2D eigenvalue weighted by Gasteiger charge is -2.23. The van der Waals surface area contributed by atoms with Crippen LogP contribution in [0.1, 0.15) is 52.7 Å². The molecule has 0 radical (unpaired) electrons. The van der Waals surface area contributed by atoms with E-state index in [1.165, 1.54) is 19.2 Å². The van der Waals surface area contributed by atoms with Crippen molar-refractivity contribution in [2.45, 2.75) is 65.4 Å². The van der Waals surface area contributed by atoms with Crippen molar-refractivity contribution in [1.29, 1.82) is 0 Å². The molecule has 0 saturated carbocycles. The van der Waals surface area contributed by atoms with Crippen LogP contribution in [0, 0.1) is 0 Å². The number of nitrogens with zero attached hydrogens (tertiary/aromatic N) is 1. The van der Waals surface area contributed by atoms with E-state index in [9.17, 15) is 18.0 Å². The van der Waals surface area contributed by atoms with E-state index in [4.69, 9.17) is 4.74 Å². The summed E-state index contributed by atoms with van der Waals surface area (Å²) in [5, 5.41) is 8.37. The number of alkyl halides is 3. The van der Waals surface area contributed by atoms with Crippen LogP contribution in [-0.2, 0) is 17.5 Å². The number of amides is 1. The monoisotopic (exact) mass is 416 g/mol. The number of carbonyl (C=O) groups is 1. The summed E-state index contributed by atoms with van der Waals surface area (Å²) in [6.45, 7) is 10.7. The van der Waals surface area contributed by atoms with Crippen LogP contribution in [0.15, 0.2) is 23.2 Å². The number of benzene rings is 1. The average molecular weight is 416 g/mol. The fraction of sp³-hybridized carbons (Fsp3) is 0.600. The lowest BCUT2D eigenvalue weighted by molar-refractivity contribution is -0.138. The Morgan fingerprint density at radius 3 is 2.17 bits per heavy atom. The molecule has 3 N–H and O–H groups in total. The normalized spacial score (nSPS) is 13.1. The number of hydrogen-bond acceptors (Lipinski definition) is 3. The van der Waals surface area contributed by atoms with Gasteiger partial charge in [0.1, 0.15) is 11.4 Å². The van der Waals surface area contributed by atoms with Crippen molar-refractivity contribution < 1.29 is 22.7 Å². The zero-order valence-corrected chi connectivity index (χ0v) is 18.0. The maximum atomic E-state index is 13.5. The molecule has 1 aromatic rings. The maximum absolute atomic E-state index is 13.5. The topological polar surface area (TPSA) is 74.8 Å². The first-order valence-corrected chi connectivity index (χ1v) is 9.25. The molecule has 0 aromatic heterocycles. The van der Waals surface area contributed by atoms with Gasteiger partial charge in [-0.3, -0.25) is 9.79 Å². The Kier molecular flexibility index (Phi) is 7.94. The summed E-state index contributed by atoms with van der Waals surface area (Å²) in [5.41, 5.74) is -1.73. The number of guanidine groups is 1. The minimum atomic E-state index is -4.53. The van der Waals surface area contributed by atoms with E-state index in [2.05, 4.69) is 20.9 Å². The molecule has 0 bridgehead atoms. The van der Waals surface area contributed by atoms with Crippen molar-refractivity contribution in [1.82, 2.24) is 16.0 Å². The van der Waals surface area contributed by atoms with Crippen molar-refractivity contribution in [3.05, 3.63) is 29.3 Å². The van der Waals surface area contributed by atoms with Crippen molar-refractivity contribution >= 4 is 11.9 Å². The first-order chi connectivity index (χ1) is 13.1. The van der Waals surface area contributed by atoms with E-state index in [1.54, 1.807) is 20.8 Å². The second kappa shape index (κ2) is 9.37. The first kappa shape index (κ1) is 24.6. The van der Waals surface area contributed by atoms with Gasteiger partial charge in [-0.05, 0) is 59.2 Å². The fourth-order valence-electron chi connectivity index (χ4n) is 2.42. The van der Waals surface area contributed by atoms with Crippen LogP contribution in [-0.4, -0.2) is 36.6 Å². The summed E-state index contributed by atoms with van der Waals surface area (Å²) in [4.78, 5) is 15.8. The molecule has 0 aliphatic heterocycles. The van der Waals surface area contributed by atoms with Crippen molar-refractivity contribution in [2.24, 2.45) is 4.99 Å². The van der Waals surface area contributed by atoms with Gasteiger partial charge in [0.05, 0.1) is 12.1 Å². The zero-order valence-electron chi connectivity index (χ0n) is 18.0. The third-order valence-electron chi connectivity index (χ3n) is 3.41. The van der Waals surface area contributed by atoms with Crippen LogP contribution < -0.4 is 20.7 Å². The Labute approximate surface area is 170 Å². The Bertz CT molecular complexity index is 733. The highest BCUT2D eigenvalue weighted by molar-refractivity contribution is 5.86. The number of nitrogens with one attached hydrogen (secondary N) is 3. The van der Waals surface area contributed by atoms with Crippen LogP contribution in [0.25, 0.3) is 0 Å². The minimum absolute atomic E-state index is 0.0425. The molecule has 0 heterocycles. The van der Waals surface area contributed by atoms with E-state index in [0.29, 0.717) is 0 Å². The van der Waals surface area contributed by atoms with Gasteiger partial charge in [0, 0.05) is 19.1 Å². The predicted octanol–water partition coefficient (Wildman–Crippen LogP) is 3.46. The predicted molar refractivity (Wildman–Crippen MR) is 108 cm³/mol. The van der Waals surface area contributed by atoms with E-state index in [0.717, 1.165) is 6.07 Å². The van der Waals surface area contributed by atoms with Crippen LogP contribution in [0.2, 0.25) is 0 Å². The summed E-state index contributed by atoms with van der Waals surface area (Å²) in [6, 6.07) is 3.87. The number of ether oxygens (including phenoxy) is 1. The largest absolute Gasteiger partial charge is 0.488 e. The van der Waals surface area contributed by atoms with Crippen LogP contribution in [0.4, 0.5) is 13.2 Å². The molecule has 0 spiro atoms. The minimum Gasteiger partial charge on any atom is -0.488 e. The van der Waals surface area contributed by atoms with Gasteiger partial charge in [-0.15, -0.1) is 0 Å². The second-order valence-corrected chi connectivity index (χ2v) is 8.61. The highest BCUT2D eigenvalue weighted by Gasteiger charge is 2.34. The number of carbonyl (C=O) groups excluding carboxylic acids is 1. The summed E-state index contributed by atoms with van der Waals surface area (Å²) in [5.74, 6) is 0.118. The molecule has 0 saturated heterocycles. The summed E-state index contributed by atoms with van der Waals surface area (Å²) in [6.07, 6.45) is -4.53. The van der Waals surface area contributed by atoms with E-state index in [-0.39, 0.29) is 41.8 Å². The lowest BCUT2D eigenvalue weighted by atomic mass is 10.1. The number of rotatable bonds is 5. The lowest BCUT2D eigenvalue weighted by Crippen LogP contribution is -2.48. The van der Waals surface area contributed by atoms with Gasteiger partial charge in [0.2, 0.25) is 5.91 Å².